The Hall–Kier alpha value is -1.94. The lowest BCUT2D eigenvalue weighted by Gasteiger charge is -2.26. The van der Waals surface area contributed by atoms with Crippen molar-refractivity contribution in [2.24, 2.45) is 7.05 Å². The lowest BCUT2D eigenvalue weighted by atomic mass is 10.2. The molecule has 6 nitrogen and oxygen atoms in total. The standard InChI is InChI=1S/C16H17FIN3O3/c1-10(22)8-21(19-14-5-4-12(18)7-13(14)17)16(24)11-3-6-15(23)20(2)9-11/h3-7,9-10,19,22H,8H2,1-2H3. The Morgan fingerprint density at radius 1 is 1.42 bits per heavy atom. The maximum absolute atomic E-state index is 14.0. The second kappa shape index (κ2) is 7.75. The number of hydrazine groups is 1. The topological polar surface area (TPSA) is 74.6 Å². The lowest BCUT2D eigenvalue weighted by molar-refractivity contribution is 0.0699. The van der Waals surface area contributed by atoms with E-state index in [2.05, 4.69) is 5.43 Å². The van der Waals surface area contributed by atoms with Gasteiger partial charge >= 0.3 is 0 Å². The van der Waals surface area contributed by atoms with Gasteiger partial charge in [-0.05, 0) is 53.8 Å². The second-order valence-corrected chi connectivity index (χ2v) is 6.61. The predicted octanol–water partition coefficient (Wildman–Crippen LogP) is 1.98. The van der Waals surface area contributed by atoms with Crippen molar-refractivity contribution >= 4 is 34.2 Å². The Labute approximate surface area is 152 Å². The molecule has 0 aliphatic heterocycles. The van der Waals surface area contributed by atoms with E-state index in [1.807, 2.05) is 22.6 Å². The van der Waals surface area contributed by atoms with Gasteiger partial charge in [-0.1, -0.05) is 0 Å². The number of nitrogens with one attached hydrogen (secondary N) is 1. The Kier molecular flexibility index (Phi) is 5.94. The van der Waals surface area contributed by atoms with E-state index < -0.39 is 17.8 Å². The number of aliphatic hydroxyl groups excluding tert-OH is 1. The fourth-order valence-corrected chi connectivity index (χ4v) is 2.50. The maximum atomic E-state index is 14.0. The molecule has 1 aromatic carbocycles. The molecule has 2 rings (SSSR count). The number of aromatic nitrogens is 1. The predicted molar refractivity (Wildman–Crippen MR) is 97.1 cm³/mol. The van der Waals surface area contributed by atoms with E-state index >= 15 is 0 Å². The molecule has 2 aromatic rings. The summed E-state index contributed by atoms with van der Waals surface area (Å²) in [7, 11) is 1.53. The fourth-order valence-electron chi connectivity index (χ4n) is 2.05. The van der Waals surface area contributed by atoms with Gasteiger partial charge in [0.2, 0.25) is 5.56 Å². The number of benzene rings is 1. The van der Waals surface area contributed by atoms with Gasteiger partial charge in [-0.3, -0.25) is 15.0 Å². The van der Waals surface area contributed by atoms with Crippen molar-refractivity contribution in [2.75, 3.05) is 12.0 Å². The molecule has 1 amide bonds. The van der Waals surface area contributed by atoms with Crippen LogP contribution in [0.25, 0.3) is 0 Å². The number of rotatable bonds is 5. The van der Waals surface area contributed by atoms with Gasteiger partial charge in [-0.25, -0.2) is 9.40 Å². The summed E-state index contributed by atoms with van der Waals surface area (Å²) in [6.07, 6.45) is 0.576. The van der Waals surface area contributed by atoms with E-state index in [0.717, 1.165) is 8.58 Å². The molecule has 1 unspecified atom stereocenters. The summed E-state index contributed by atoms with van der Waals surface area (Å²) in [6, 6.07) is 7.22. The van der Waals surface area contributed by atoms with Crippen LogP contribution in [0.2, 0.25) is 0 Å². The highest BCUT2D eigenvalue weighted by molar-refractivity contribution is 14.1. The molecule has 0 saturated heterocycles. The zero-order valence-electron chi connectivity index (χ0n) is 13.2. The van der Waals surface area contributed by atoms with Crippen LogP contribution in [0.4, 0.5) is 10.1 Å². The van der Waals surface area contributed by atoms with E-state index in [1.165, 1.54) is 49.0 Å². The Bertz CT molecular complexity index is 807. The van der Waals surface area contributed by atoms with Crippen LogP contribution < -0.4 is 11.0 Å². The summed E-state index contributed by atoms with van der Waals surface area (Å²) < 4.78 is 16.0. The molecule has 0 aliphatic rings. The summed E-state index contributed by atoms with van der Waals surface area (Å²) in [5.41, 5.74) is 2.82. The van der Waals surface area contributed by atoms with Crippen LogP contribution in [0, 0.1) is 9.39 Å². The van der Waals surface area contributed by atoms with Crippen LogP contribution in [0.15, 0.2) is 41.3 Å². The molecule has 1 atom stereocenters. The summed E-state index contributed by atoms with van der Waals surface area (Å²) in [6.45, 7) is 1.47. The Morgan fingerprint density at radius 3 is 2.71 bits per heavy atom. The molecule has 2 N–H and O–H groups in total. The van der Waals surface area contributed by atoms with Gasteiger partial charge in [-0.15, -0.1) is 0 Å². The summed E-state index contributed by atoms with van der Waals surface area (Å²) >= 11 is 1.98. The number of anilines is 1. The van der Waals surface area contributed by atoms with Gasteiger partial charge in [0.05, 0.1) is 23.9 Å². The first kappa shape index (κ1) is 18.4. The zero-order chi connectivity index (χ0) is 17.9. The van der Waals surface area contributed by atoms with E-state index in [1.54, 1.807) is 6.07 Å². The third kappa shape index (κ3) is 4.54. The number of hydrogen-bond donors (Lipinski definition) is 2. The molecular formula is C16H17FIN3O3. The largest absolute Gasteiger partial charge is 0.391 e. The van der Waals surface area contributed by atoms with Gasteiger partial charge in [-0.2, -0.15) is 0 Å². The Morgan fingerprint density at radius 2 is 2.12 bits per heavy atom. The number of aryl methyl sites for hydroxylation is 1. The number of aliphatic hydroxyl groups is 1. The highest BCUT2D eigenvalue weighted by Gasteiger charge is 2.19. The summed E-state index contributed by atoms with van der Waals surface area (Å²) in [5, 5.41) is 10.7. The van der Waals surface area contributed by atoms with Crippen LogP contribution in [0.3, 0.4) is 0 Å². The highest BCUT2D eigenvalue weighted by Crippen LogP contribution is 2.18. The van der Waals surface area contributed by atoms with Crippen LogP contribution in [0.1, 0.15) is 17.3 Å². The quantitative estimate of drug-likeness (QED) is 0.546. The average molecular weight is 445 g/mol. The van der Waals surface area contributed by atoms with Crippen molar-refractivity contribution in [3.05, 3.63) is 61.8 Å². The van der Waals surface area contributed by atoms with Gasteiger partial charge in [0.1, 0.15) is 5.82 Å². The molecular weight excluding hydrogens is 428 g/mol. The minimum absolute atomic E-state index is 0.0485. The number of halogens is 2. The molecule has 0 saturated carbocycles. The van der Waals surface area contributed by atoms with Crippen LogP contribution in [-0.4, -0.2) is 33.2 Å². The summed E-state index contributed by atoms with van der Waals surface area (Å²) in [4.78, 5) is 24.1. The minimum Gasteiger partial charge on any atom is -0.391 e. The first-order chi connectivity index (χ1) is 11.3. The van der Waals surface area contributed by atoms with Crippen molar-refractivity contribution in [3.8, 4) is 0 Å². The number of carbonyl (C=O) groups is 1. The zero-order valence-corrected chi connectivity index (χ0v) is 15.3. The first-order valence-corrected chi connectivity index (χ1v) is 8.24. The van der Waals surface area contributed by atoms with Crippen LogP contribution in [-0.2, 0) is 7.05 Å². The molecule has 0 bridgehead atoms. The van der Waals surface area contributed by atoms with Crippen molar-refractivity contribution < 1.29 is 14.3 Å². The molecule has 24 heavy (non-hydrogen) atoms. The smallest absolute Gasteiger partial charge is 0.273 e. The maximum Gasteiger partial charge on any atom is 0.273 e. The fraction of sp³-hybridized carbons (Fsp3) is 0.250. The van der Waals surface area contributed by atoms with E-state index in [9.17, 15) is 19.1 Å². The molecule has 0 fully saturated rings. The van der Waals surface area contributed by atoms with E-state index in [4.69, 9.17) is 0 Å². The van der Waals surface area contributed by atoms with Crippen molar-refractivity contribution in [2.45, 2.75) is 13.0 Å². The number of hydrogen-bond acceptors (Lipinski definition) is 4. The number of amides is 1. The molecule has 8 heteroatoms. The average Bonchev–Trinajstić information content (AvgIpc) is 2.50. The molecule has 1 heterocycles. The van der Waals surface area contributed by atoms with Gasteiger partial charge in [0.15, 0.2) is 0 Å². The van der Waals surface area contributed by atoms with Crippen molar-refractivity contribution in [3.63, 3.8) is 0 Å². The van der Waals surface area contributed by atoms with Crippen molar-refractivity contribution in [1.29, 1.82) is 0 Å². The van der Waals surface area contributed by atoms with Crippen LogP contribution >= 0.6 is 22.6 Å². The van der Waals surface area contributed by atoms with Gasteiger partial charge < -0.3 is 9.67 Å². The third-order valence-corrected chi connectivity index (χ3v) is 3.88. The molecule has 128 valence electrons. The monoisotopic (exact) mass is 445 g/mol. The van der Waals surface area contributed by atoms with Gasteiger partial charge in [0, 0.05) is 22.9 Å². The molecule has 0 radical (unpaired) electrons. The first-order valence-electron chi connectivity index (χ1n) is 7.16. The summed E-state index contributed by atoms with van der Waals surface area (Å²) in [5.74, 6) is -0.991. The SMILES string of the molecule is CC(O)CN(Nc1ccc(I)cc1F)C(=O)c1ccc(=O)n(C)c1. The molecule has 0 aliphatic carbocycles. The highest BCUT2D eigenvalue weighted by atomic mass is 127. The number of pyridine rings is 1. The molecule has 0 spiro atoms. The minimum atomic E-state index is -0.819. The Balaban J connectivity index is 2.31. The normalized spacial score (nSPS) is 11.9. The second-order valence-electron chi connectivity index (χ2n) is 5.37. The van der Waals surface area contributed by atoms with E-state index in [-0.39, 0.29) is 23.4 Å². The van der Waals surface area contributed by atoms with E-state index in [0.29, 0.717) is 0 Å². The molecule has 1 aromatic heterocycles. The van der Waals surface area contributed by atoms with Crippen molar-refractivity contribution in [1.82, 2.24) is 9.58 Å². The van der Waals surface area contributed by atoms with Crippen LogP contribution in [0.5, 0.6) is 0 Å². The lowest BCUT2D eigenvalue weighted by Crippen LogP contribution is -2.41. The van der Waals surface area contributed by atoms with Gasteiger partial charge in [0.25, 0.3) is 5.91 Å². The number of carbonyl (C=O) groups excluding carboxylic acids is 1. The third-order valence-electron chi connectivity index (χ3n) is 3.21. The number of nitrogens with zero attached hydrogens (tertiary/aromatic N) is 2.